The number of aromatic nitrogens is 6. The lowest BCUT2D eigenvalue weighted by Gasteiger charge is -2.19. The van der Waals surface area contributed by atoms with Crippen LogP contribution in [0.1, 0.15) is 26.3 Å². The molecule has 0 aliphatic heterocycles. The average molecular weight is 336 g/mol. The van der Waals surface area contributed by atoms with Crippen molar-refractivity contribution in [1.82, 2.24) is 30.4 Å². The van der Waals surface area contributed by atoms with E-state index in [4.69, 9.17) is 0 Å². The number of fused-ring (bicyclic) bond motifs is 1. The molecule has 0 unspecified atom stereocenters. The van der Waals surface area contributed by atoms with Crippen LogP contribution in [0.2, 0.25) is 0 Å². The minimum atomic E-state index is 0.0373. The molecule has 2 heterocycles. The molecule has 0 aliphatic rings. The van der Waals surface area contributed by atoms with Crippen LogP contribution >= 0.6 is 0 Å². The quantitative estimate of drug-likeness (QED) is 0.557. The largest absolute Gasteiger partial charge is 0.506 e. The fraction of sp³-hybridized carbons (Fsp3) is 0.222. The van der Waals surface area contributed by atoms with E-state index in [1.165, 1.54) is 4.80 Å². The van der Waals surface area contributed by atoms with Crippen LogP contribution in [0.5, 0.6) is 5.75 Å². The minimum absolute atomic E-state index is 0.0373. The molecular formula is C18H20N6O. The van der Waals surface area contributed by atoms with Crippen LogP contribution < -0.4 is 0 Å². The van der Waals surface area contributed by atoms with Gasteiger partial charge in [-0.3, -0.25) is 5.10 Å². The summed E-state index contributed by atoms with van der Waals surface area (Å²) in [5.74, 6) is 0.184. The summed E-state index contributed by atoms with van der Waals surface area (Å²) in [7, 11) is 0. The molecule has 128 valence electrons. The second-order valence-electron chi connectivity index (χ2n) is 6.60. The molecule has 2 aromatic carbocycles. The molecule has 0 fully saturated rings. The van der Waals surface area contributed by atoms with Crippen molar-refractivity contribution in [2.45, 2.75) is 26.2 Å². The van der Waals surface area contributed by atoms with Gasteiger partial charge in [0.1, 0.15) is 17.0 Å². The maximum atomic E-state index is 9.77. The van der Waals surface area contributed by atoms with E-state index in [-0.39, 0.29) is 11.2 Å². The maximum absolute atomic E-state index is 9.77. The number of H-pyrrole nitrogens is 1. The van der Waals surface area contributed by atoms with E-state index in [1.807, 2.05) is 36.4 Å². The molecule has 0 saturated carbocycles. The Morgan fingerprint density at radius 2 is 1.72 bits per heavy atom. The SMILES string of the molecule is CC(C)(C)c1ccc(O)c(-n2nccn2)c1.c1ccc2[nH]nnc2c1. The summed E-state index contributed by atoms with van der Waals surface area (Å²) in [6, 6.07) is 13.2. The third-order valence-corrected chi connectivity index (χ3v) is 3.71. The number of phenolic OH excluding ortho intramolecular Hbond substituents is 1. The van der Waals surface area contributed by atoms with E-state index < -0.39 is 0 Å². The van der Waals surface area contributed by atoms with Gasteiger partial charge >= 0.3 is 0 Å². The van der Waals surface area contributed by atoms with Crippen LogP contribution in [0.3, 0.4) is 0 Å². The van der Waals surface area contributed by atoms with Gasteiger partial charge in [0.2, 0.25) is 0 Å². The number of benzene rings is 2. The lowest BCUT2D eigenvalue weighted by atomic mass is 9.87. The summed E-state index contributed by atoms with van der Waals surface area (Å²) >= 11 is 0. The first kappa shape index (κ1) is 16.6. The van der Waals surface area contributed by atoms with Crippen molar-refractivity contribution in [2.24, 2.45) is 0 Å². The minimum Gasteiger partial charge on any atom is -0.506 e. The van der Waals surface area contributed by atoms with Crippen molar-refractivity contribution in [3.05, 3.63) is 60.4 Å². The molecule has 25 heavy (non-hydrogen) atoms. The zero-order valence-corrected chi connectivity index (χ0v) is 14.4. The van der Waals surface area contributed by atoms with Crippen molar-refractivity contribution >= 4 is 11.0 Å². The van der Waals surface area contributed by atoms with E-state index >= 15 is 0 Å². The van der Waals surface area contributed by atoms with Crippen molar-refractivity contribution in [3.8, 4) is 11.4 Å². The van der Waals surface area contributed by atoms with Crippen molar-refractivity contribution in [2.75, 3.05) is 0 Å². The molecule has 7 heteroatoms. The van der Waals surface area contributed by atoms with Gasteiger partial charge in [-0.2, -0.15) is 10.2 Å². The number of hydrogen-bond donors (Lipinski definition) is 2. The molecule has 4 rings (SSSR count). The van der Waals surface area contributed by atoms with Crippen molar-refractivity contribution in [1.29, 1.82) is 0 Å². The first-order valence-electron chi connectivity index (χ1n) is 7.91. The summed E-state index contributed by atoms with van der Waals surface area (Å²) in [5, 5.41) is 28.0. The topological polar surface area (TPSA) is 92.5 Å². The Hall–Kier alpha value is -3.22. The fourth-order valence-electron chi connectivity index (χ4n) is 2.28. The molecule has 0 bridgehead atoms. The lowest BCUT2D eigenvalue weighted by molar-refractivity contribution is 0.466. The number of aromatic hydroxyl groups is 1. The van der Waals surface area contributed by atoms with Crippen LogP contribution in [-0.4, -0.2) is 35.5 Å². The van der Waals surface area contributed by atoms with Crippen molar-refractivity contribution in [3.63, 3.8) is 0 Å². The third-order valence-electron chi connectivity index (χ3n) is 3.71. The van der Waals surface area contributed by atoms with E-state index in [0.29, 0.717) is 5.69 Å². The van der Waals surface area contributed by atoms with Gasteiger partial charge in [-0.1, -0.05) is 44.2 Å². The highest BCUT2D eigenvalue weighted by molar-refractivity contribution is 5.72. The number of hydrogen-bond acceptors (Lipinski definition) is 5. The molecule has 0 atom stereocenters. The third kappa shape index (κ3) is 3.82. The Bertz CT molecular complexity index is 923. The lowest BCUT2D eigenvalue weighted by Crippen LogP contribution is -2.12. The van der Waals surface area contributed by atoms with Crippen LogP contribution in [0.25, 0.3) is 16.7 Å². The second kappa shape index (κ2) is 6.72. The predicted molar refractivity (Wildman–Crippen MR) is 95.6 cm³/mol. The Labute approximate surface area is 145 Å². The zero-order valence-electron chi connectivity index (χ0n) is 14.4. The number of aromatic amines is 1. The van der Waals surface area contributed by atoms with Gasteiger partial charge < -0.3 is 5.11 Å². The number of para-hydroxylation sites is 1. The van der Waals surface area contributed by atoms with Gasteiger partial charge in [0.15, 0.2) is 0 Å². The van der Waals surface area contributed by atoms with E-state index in [1.54, 1.807) is 18.5 Å². The Balaban J connectivity index is 0.000000170. The van der Waals surface area contributed by atoms with Gasteiger partial charge in [0, 0.05) is 0 Å². The van der Waals surface area contributed by atoms with Gasteiger partial charge in [-0.25, -0.2) is 0 Å². The van der Waals surface area contributed by atoms with Gasteiger partial charge in [0.05, 0.1) is 17.9 Å². The van der Waals surface area contributed by atoms with Gasteiger partial charge in [0.25, 0.3) is 0 Å². The predicted octanol–water partition coefficient (Wildman–Crippen LogP) is 3.23. The fourth-order valence-corrected chi connectivity index (χ4v) is 2.28. The number of phenols is 1. The molecule has 7 nitrogen and oxygen atoms in total. The number of nitrogens with zero attached hydrogens (tertiary/aromatic N) is 5. The van der Waals surface area contributed by atoms with E-state index in [2.05, 4.69) is 46.4 Å². The highest BCUT2D eigenvalue weighted by atomic mass is 16.3. The standard InChI is InChI=1S/C12H15N3O.C6H5N3/c1-12(2,3)9-4-5-11(16)10(8-9)15-13-6-7-14-15;1-2-4-6-5(3-1)7-9-8-6/h4-8,16H,1-3H3;1-4H,(H,7,8,9). The Kier molecular flexibility index (Phi) is 4.47. The first-order chi connectivity index (χ1) is 11.9. The van der Waals surface area contributed by atoms with Gasteiger partial charge in [-0.05, 0) is 35.2 Å². The normalized spacial score (nSPS) is 11.2. The molecule has 4 aromatic rings. The molecular weight excluding hydrogens is 316 g/mol. The van der Waals surface area contributed by atoms with Crippen LogP contribution in [-0.2, 0) is 5.41 Å². The monoisotopic (exact) mass is 336 g/mol. The average Bonchev–Trinajstić information content (AvgIpc) is 3.26. The molecule has 0 aliphatic carbocycles. The van der Waals surface area contributed by atoms with Crippen LogP contribution in [0.15, 0.2) is 54.9 Å². The molecule has 0 radical (unpaired) electrons. The number of rotatable bonds is 1. The van der Waals surface area contributed by atoms with Crippen molar-refractivity contribution < 1.29 is 5.11 Å². The molecule has 0 spiro atoms. The molecule has 2 N–H and O–H groups in total. The highest BCUT2D eigenvalue weighted by Gasteiger charge is 2.16. The maximum Gasteiger partial charge on any atom is 0.143 e. The first-order valence-corrected chi connectivity index (χ1v) is 7.91. The van der Waals surface area contributed by atoms with Crippen LogP contribution in [0, 0.1) is 0 Å². The van der Waals surface area contributed by atoms with E-state index in [9.17, 15) is 5.11 Å². The summed E-state index contributed by atoms with van der Waals surface area (Å²) in [4.78, 5) is 1.42. The highest BCUT2D eigenvalue weighted by Crippen LogP contribution is 2.28. The summed E-state index contributed by atoms with van der Waals surface area (Å²) < 4.78 is 0. The second-order valence-corrected chi connectivity index (χ2v) is 6.60. The summed E-state index contributed by atoms with van der Waals surface area (Å²) in [5.41, 5.74) is 3.68. The van der Waals surface area contributed by atoms with E-state index in [0.717, 1.165) is 16.6 Å². The summed E-state index contributed by atoms with van der Waals surface area (Å²) in [6.07, 6.45) is 3.17. The molecule has 0 amide bonds. The van der Waals surface area contributed by atoms with Gasteiger partial charge in [-0.15, -0.1) is 9.90 Å². The Morgan fingerprint density at radius 3 is 2.40 bits per heavy atom. The van der Waals surface area contributed by atoms with Crippen LogP contribution in [0.4, 0.5) is 0 Å². The number of nitrogens with one attached hydrogen (secondary N) is 1. The smallest absolute Gasteiger partial charge is 0.143 e. The Morgan fingerprint density at radius 1 is 1.00 bits per heavy atom. The molecule has 2 aromatic heterocycles. The zero-order chi connectivity index (χ0) is 17.9. The molecule has 0 saturated heterocycles. The summed E-state index contributed by atoms with van der Waals surface area (Å²) in [6.45, 7) is 6.37.